The number of nitrogens with zero attached hydrogens (tertiary/aromatic N) is 2. The zero-order chi connectivity index (χ0) is 22.0. The second kappa shape index (κ2) is 8.85. The van der Waals surface area contributed by atoms with Crippen LogP contribution in [0.2, 0.25) is 0 Å². The van der Waals surface area contributed by atoms with E-state index in [2.05, 4.69) is 20.4 Å². The summed E-state index contributed by atoms with van der Waals surface area (Å²) < 4.78 is 11.0. The fourth-order valence-corrected chi connectivity index (χ4v) is 4.17. The van der Waals surface area contributed by atoms with E-state index in [0.717, 1.165) is 43.9 Å². The maximum Gasteiger partial charge on any atom is 0.262 e. The number of ether oxygens (including phenoxy) is 2. The molecule has 8 nitrogen and oxygen atoms in total. The molecular weight excluding hydrogens is 396 g/mol. The van der Waals surface area contributed by atoms with Crippen LogP contribution in [0.5, 0.6) is 11.5 Å². The van der Waals surface area contributed by atoms with Gasteiger partial charge in [-0.1, -0.05) is 0 Å². The average molecular weight is 425 g/mol. The first-order valence-corrected chi connectivity index (χ1v) is 10.4. The standard InChI is InChI=1S/C23H28N4O4/c1-15-10-17(23(29)24-2)4-5-19(15)27-8-6-26(7-9-27)13-16-11-18-22(20(12-16)30-3)31-14-21(28)25-18/h4-5,10-12H,6-9,13-14H2,1-3H3,(H,24,29)(H,25,28). The summed E-state index contributed by atoms with van der Waals surface area (Å²) in [5, 5.41) is 5.53. The van der Waals surface area contributed by atoms with E-state index in [-0.39, 0.29) is 18.4 Å². The molecule has 0 bridgehead atoms. The Hall–Kier alpha value is -3.26. The summed E-state index contributed by atoms with van der Waals surface area (Å²) in [5.74, 6) is 1.00. The van der Waals surface area contributed by atoms with Gasteiger partial charge in [0.25, 0.3) is 11.8 Å². The summed E-state index contributed by atoms with van der Waals surface area (Å²) in [4.78, 5) is 28.3. The maximum absolute atomic E-state index is 11.9. The third kappa shape index (κ3) is 4.44. The lowest BCUT2D eigenvalue weighted by molar-refractivity contribution is -0.118. The van der Waals surface area contributed by atoms with E-state index in [1.165, 1.54) is 5.69 Å². The molecule has 0 unspecified atom stereocenters. The van der Waals surface area contributed by atoms with Crippen LogP contribution in [0.15, 0.2) is 30.3 Å². The summed E-state index contributed by atoms with van der Waals surface area (Å²) in [5.41, 5.74) is 4.68. The van der Waals surface area contributed by atoms with E-state index in [9.17, 15) is 9.59 Å². The van der Waals surface area contributed by atoms with Gasteiger partial charge in [0.15, 0.2) is 18.1 Å². The summed E-state index contributed by atoms with van der Waals surface area (Å²) in [7, 11) is 3.25. The highest BCUT2D eigenvalue weighted by Crippen LogP contribution is 2.39. The van der Waals surface area contributed by atoms with Crippen LogP contribution in [0.3, 0.4) is 0 Å². The molecule has 8 heteroatoms. The SMILES string of the molecule is CNC(=O)c1ccc(N2CCN(Cc3cc4c(c(OC)c3)OCC(=O)N4)CC2)c(C)c1. The van der Waals surface area contributed by atoms with Crippen LogP contribution < -0.4 is 25.0 Å². The van der Waals surface area contributed by atoms with Crippen molar-refractivity contribution in [3.63, 3.8) is 0 Å². The van der Waals surface area contributed by atoms with Gasteiger partial charge in [-0.25, -0.2) is 0 Å². The van der Waals surface area contributed by atoms with Gasteiger partial charge in [0.2, 0.25) is 0 Å². The van der Waals surface area contributed by atoms with Crippen LogP contribution >= 0.6 is 0 Å². The molecule has 2 heterocycles. The lowest BCUT2D eigenvalue weighted by Gasteiger charge is -2.37. The molecule has 2 aromatic rings. The van der Waals surface area contributed by atoms with Crippen LogP contribution in [0.25, 0.3) is 0 Å². The highest BCUT2D eigenvalue weighted by molar-refractivity contribution is 5.96. The Morgan fingerprint density at radius 3 is 2.65 bits per heavy atom. The van der Waals surface area contributed by atoms with E-state index >= 15 is 0 Å². The Kier molecular flexibility index (Phi) is 5.99. The predicted octanol–water partition coefficient (Wildman–Crippen LogP) is 2.02. The Bertz CT molecular complexity index is 999. The number of rotatable bonds is 5. The highest BCUT2D eigenvalue weighted by atomic mass is 16.5. The molecule has 2 N–H and O–H groups in total. The first kappa shape index (κ1) is 21.0. The van der Waals surface area contributed by atoms with Gasteiger partial charge in [-0.15, -0.1) is 0 Å². The Morgan fingerprint density at radius 2 is 1.97 bits per heavy atom. The number of hydrogen-bond donors (Lipinski definition) is 2. The van der Waals surface area contributed by atoms with E-state index < -0.39 is 0 Å². The molecule has 0 atom stereocenters. The number of amides is 2. The topological polar surface area (TPSA) is 83.1 Å². The summed E-state index contributed by atoms with van der Waals surface area (Å²) in [6.07, 6.45) is 0. The number of carbonyl (C=O) groups is 2. The van der Waals surface area contributed by atoms with Crippen LogP contribution in [0, 0.1) is 6.92 Å². The molecule has 2 aliphatic rings. The zero-order valence-corrected chi connectivity index (χ0v) is 18.2. The van der Waals surface area contributed by atoms with Gasteiger partial charge in [-0.3, -0.25) is 14.5 Å². The Balaban J connectivity index is 1.41. The average Bonchev–Trinajstić information content (AvgIpc) is 2.78. The summed E-state index contributed by atoms with van der Waals surface area (Å²) >= 11 is 0. The largest absolute Gasteiger partial charge is 0.493 e. The number of nitrogens with one attached hydrogen (secondary N) is 2. The van der Waals surface area contributed by atoms with Gasteiger partial charge in [-0.2, -0.15) is 0 Å². The van der Waals surface area contributed by atoms with Gasteiger partial charge in [0.05, 0.1) is 12.8 Å². The number of methoxy groups -OCH3 is 1. The smallest absolute Gasteiger partial charge is 0.262 e. The van der Waals surface area contributed by atoms with Crippen molar-refractivity contribution in [1.82, 2.24) is 10.2 Å². The number of anilines is 2. The van der Waals surface area contributed by atoms with Gasteiger partial charge >= 0.3 is 0 Å². The zero-order valence-electron chi connectivity index (χ0n) is 18.2. The van der Waals surface area contributed by atoms with Gasteiger partial charge in [0.1, 0.15) is 0 Å². The van der Waals surface area contributed by atoms with Crippen LogP contribution in [0.4, 0.5) is 11.4 Å². The second-order valence-electron chi connectivity index (χ2n) is 7.86. The lowest BCUT2D eigenvalue weighted by Crippen LogP contribution is -2.46. The van der Waals surface area contributed by atoms with Crippen molar-refractivity contribution in [2.75, 3.05) is 57.2 Å². The molecule has 31 heavy (non-hydrogen) atoms. The molecular formula is C23H28N4O4. The molecule has 0 radical (unpaired) electrons. The van der Waals surface area contributed by atoms with E-state index in [4.69, 9.17) is 9.47 Å². The van der Waals surface area contributed by atoms with E-state index in [0.29, 0.717) is 22.7 Å². The van der Waals surface area contributed by atoms with Crippen LogP contribution in [-0.4, -0.2) is 63.7 Å². The first-order valence-electron chi connectivity index (χ1n) is 10.4. The third-order valence-electron chi connectivity index (χ3n) is 5.76. The number of piperazine rings is 1. The summed E-state index contributed by atoms with van der Waals surface area (Å²) in [6, 6.07) is 9.79. The number of fused-ring (bicyclic) bond motifs is 1. The molecule has 1 fully saturated rings. The van der Waals surface area contributed by atoms with E-state index in [1.54, 1.807) is 14.2 Å². The number of carbonyl (C=O) groups excluding carboxylic acids is 2. The molecule has 2 aliphatic heterocycles. The third-order valence-corrected chi connectivity index (χ3v) is 5.76. The van der Waals surface area contributed by atoms with Crippen molar-refractivity contribution >= 4 is 23.2 Å². The number of benzene rings is 2. The quantitative estimate of drug-likeness (QED) is 0.764. The fourth-order valence-electron chi connectivity index (χ4n) is 4.17. The van der Waals surface area contributed by atoms with Crippen molar-refractivity contribution < 1.29 is 19.1 Å². The minimum atomic E-state index is -0.155. The van der Waals surface area contributed by atoms with Crippen molar-refractivity contribution in [2.45, 2.75) is 13.5 Å². The van der Waals surface area contributed by atoms with Crippen LogP contribution in [0.1, 0.15) is 21.5 Å². The molecule has 1 saturated heterocycles. The predicted molar refractivity (Wildman–Crippen MR) is 119 cm³/mol. The summed E-state index contributed by atoms with van der Waals surface area (Å²) in [6.45, 7) is 6.46. The normalized spacial score (nSPS) is 16.2. The monoisotopic (exact) mass is 424 g/mol. The number of hydrogen-bond acceptors (Lipinski definition) is 6. The van der Waals surface area contributed by atoms with Crippen LogP contribution in [-0.2, 0) is 11.3 Å². The molecule has 0 aliphatic carbocycles. The lowest BCUT2D eigenvalue weighted by atomic mass is 10.1. The van der Waals surface area contributed by atoms with E-state index in [1.807, 2.05) is 37.3 Å². The van der Waals surface area contributed by atoms with Gasteiger partial charge < -0.3 is 25.0 Å². The molecule has 0 spiro atoms. The maximum atomic E-state index is 11.9. The molecule has 4 rings (SSSR count). The van der Waals surface area contributed by atoms with Crippen molar-refractivity contribution in [2.24, 2.45) is 0 Å². The van der Waals surface area contributed by atoms with Crippen molar-refractivity contribution in [3.05, 3.63) is 47.0 Å². The molecule has 0 saturated carbocycles. The number of aryl methyl sites for hydroxylation is 1. The fraction of sp³-hybridized carbons (Fsp3) is 0.391. The molecule has 164 valence electrons. The van der Waals surface area contributed by atoms with Crippen molar-refractivity contribution in [3.8, 4) is 11.5 Å². The Labute approximate surface area is 182 Å². The minimum Gasteiger partial charge on any atom is -0.493 e. The highest BCUT2D eigenvalue weighted by Gasteiger charge is 2.23. The Morgan fingerprint density at radius 1 is 1.19 bits per heavy atom. The molecule has 2 aromatic carbocycles. The second-order valence-corrected chi connectivity index (χ2v) is 7.86. The van der Waals surface area contributed by atoms with Gasteiger partial charge in [-0.05, 0) is 48.4 Å². The molecule has 0 aromatic heterocycles. The molecule has 2 amide bonds. The van der Waals surface area contributed by atoms with Gasteiger partial charge in [0, 0.05) is 51.0 Å². The van der Waals surface area contributed by atoms with Crippen molar-refractivity contribution in [1.29, 1.82) is 0 Å². The first-order chi connectivity index (χ1) is 15.0. The minimum absolute atomic E-state index is 0.00811.